The van der Waals surface area contributed by atoms with Crippen molar-refractivity contribution < 1.29 is 43.9 Å². The SMILES string of the molecule is CO[C@H]1C[C@@H](O[C@H]2CC[C@@]3(C)[C@@H](CC[C@H]4[C@H]3CC[C@]3(C)[C@H](C5=CC(=O)OC5)[C@H](CC(=O)O)C[C@]43O)C2)O[C@@H](C)[C@H]1O. The summed E-state index contributed by atoms with van der Waals surface area (Å²) in [6.45, 7) is 6.62. The number of methoxy groups -OCH3 is 1. The predicted octanol–water partition coefficient (Wildman–Crippen LogP) is 3.84. The van der Waals surface area contributed by atoms with Crippen LogP contribution in [0.4, 0.5) is 0 Å². The second-order valence-electron chi connectivity index (χ2n) is 14.5. The van der Waals surface area contributed by atoms with Gasteiger partial charge in [0.25, 0.3) is 0 Å². The van der Waals surface area contributed by atoms with Crippen LogP contribution in [0.15, 0.2) is 11.6 Å². The van der Waals surface area contributed by atoms with Gasteiger partial charge in [-0.2, -0.15) is 0 Å². The minimum atomic E-state index is -0.976. The lowest BCUT2D eigenvalue weighted by Crippen LogP contribution is -2.62. The maximum Gasteiger partial charge on any atom is 0.331 e. The van der Waals surface area contributed by atoms with Gasteiger partial charge in [-0.05, 0) is 98.9 Å². The largest absolute Gasteiger partial charge is 0.481 e. The highest BCUT2D eigenvalue weighted by Gasteiger charge is 2.70. The molecule has 4 saturated carbocycles. The van der Waals surface area contributed by atoms with E-state index in [2.05, 4.69) is 13.8 Å². The van der Waals surface area contributed by atoms with E-state index < -0.39 is 23.1 Å². The Balaban J connectivity index is 1.19. The normalized spacial score (nSPS) is 51.3. The number of fused-ring (bicyclic) bond motifs is 5. The van der Waals surface area contributed by atoms with E-state index in [9.17, 15) is 24.9 Å². The molecule has 2 heterocycles. The minimum absolute atomic E-state index is 0.00674. The molecular weight excluding hydrogens is 528 g/mol. The van der Waals surface area contributed by atoms with Gasteiger partial charge in [0.15, 0.2) is 6.29 Å². The zero-order valence-corrected chi connectivity index (χ0v) is 24.9. The summed E-state index contributed by atoms with van der Waals surface area (Å²) in [4.78, 5) is 23.9. The summed E-state index contributed by atoms with van der Waals surface area (Å²) < 4.78 is 23.2. The molecule has 230 valence electrons. The van der Waals surface area contributed by atoms with Gasteiger partial charge in [0, 0.05) is 31.4 Å². The summed E-state index contributed by atoms with van der Waals surface area (Å²) in [7, 11) is 1.62. The Bertz CT molecular complexity index is 1080. The van der Waals surface area contributed by atoms with Crippen LogP contribution in [0.2, 0.25) is 0 Å². The standard InChI is InChI=1S/C32H48O9/c1-17-29(36)24(38-4)14-27(40-17)41-21-7-9-30(2)20(13-21)5-6-23-22(30)8-10-31(3)28(19-12-26(35)39-16-19)18(11-25(33)34)15-32(23,31)37/h12,17-18,20-24,27-29,36-37H,5-11,13-16H2,1-4H3,(H,33,34)/t17-,18+,20-,21-,22+,23-,24-,27+,28-,29+,30-,31+,32-/m0/s1. The zero-order chi connectivity index (χ0) is 29.3. The molecule has 9 heteroatoms. The maximum absolute atomic E-state index is 12.7. The first kappa shape index (κ1) is 29.5. The third kappa shape index (κ3) is 4.69. The molecule has 2 aliphatic heterocycles. The number of hydrogen-bond acceptors (Lipinski definition) is 8. The van der Waals surface area contributed by atoms with Crippen LogP contribution in [0.5, 0.6) is 0 Å². The van der Waals surface area contributed by atoms with Gasteiger partial charge < -0.3 is 34.3 Å². The number of carboxylic acids is 1. The predicted molar refractivity (Wildman–Crippen MR) is 147 cm³/mol. The summed E-state index contributed by atoms with van der Waals surface area (Å²) in [5, 5.41) is 32.8. The molecule has 5 fully saturated rings. The number of aliphatic carboxylic acids is 1. The number of carbonyl (C=O) groups is 2. The molecule has 0 radical (unpaired) electrons. The molecule has 0 amide bonds. The van der Waals surface area contributed by atoms with Crippen molar-refractivity contribution in [1.82, 2.24) is 0 Å². The lowest BCUT2D eigenvalue weighted by atomic mass is 9.43. The van der Waals surface area contributed by atoms with Gasteiger partial charge in [0.2, 0.25) is 0 Å². The summed E-state index contributed by atoms with van der Waals surface area (Å²) in [6, 6.07) is 0. The van der Waals surface area contributed by atoms with Crippen LogP contribution in [-0.4, -0.2) is 77.3 Å². The second-order valence-corrected chi connectivity index (χ2v) is 14.5. The fourth-order valence-corrected chi connectivity index (χ4v) is 10.8. The molecule has 6 aliphatic rings. The highest BCUT2D eigenvalue weighted by atomic mass is 16.7. The number of carboxylic acid groups (broad SMARTS) is 1. The molecule has 9 nitrogen and oxygen atoms in total. The van der Waals surface area contributed by atoms with Crippen LogP contribution in [0.1, 0.15) is 85.0 Å². The van der Waals surface area contributed by atoms with E-state index in [1.807, 2.05) is 6.92 Å². The van der Waals surface area contributed by atoms with Gasteiger partial charge in [0.05, 0.1) is 23.9 Å². The van der Waals surface area contributed by atoms with Crippen LogP contribution in [-0.2, 0) is 28.5 Å². The van der Waals surface area contributed by atoms with Gasteiger partial charge in [-0.25, -0.2) is 4.79 Å². The summed E-state index contributed by atoms with van der Waals surface area (Å²) in [5.74, 6) is -0.663. The number of esters is 1. The van der Waals surface area contributed by atoms with Crippen molar-refractivity contribution in [3.05, 3.63) is 11.6 Å². The van der Waals surface area contributed by atoms with E-state index in [0.717, 1.165) is 50.5 Å². The molecule has 0 spiro atoms. The van der Waals surface area contributed by atoms with Crippen molar-refractivity contribution in [2.24, 2.45) is 40.4 Å². The number of carbonyl (C=O) groups excluding carboxylic acids is 1. The highest BCUT2D eigenvalue weighted by Crippen LogP contribution is 2.71. The van der Waals surface area contributed by atoms with Crippen LogP contribution < -0.4 is 0 Å². The Labute approximate surface area is 242 Å². The number of rotatable bonds is 6. The van der Waals surface area contributed by atoms with Crippen molar-refractivity contribution in [2.45, 2.75) is 121 Å². The van der Waals surface area contributed by atoms with E-state index in [0.29, 0.717) is 24.7 Å². The smallest absolute Gasteiger partial charge is 0.331 e. The third-order valence-electron chi connectivity index (χ3n) is 12.8. The van der Waals surface area contributed by atoms with Crippen LogP contribution >= 0.6 is 0 Å². The molecule has 4 aliphatic carbocycles. The molecule has 0 bridgehead atoms. The number of aliphatic hydroxyl groups is 2. The van der Waals surface area contributed by atoms with Crippen LogP contribution in [0.25, 0.3) is 0 Å². The molecule has 13 atom stereocenters. The molecule has 3 N–H and O–H groups in total. The Kier molecular flexibility index (Phi) is 7.62. The lowest BCUT2D eigenvalue weighted by molar-refractivity contribution is -0.273. The Morgan fingerprint density at radius 1 is 1.12 bits per heavy atom. The molecule has 0 aromatic rings. The average molecular weight is 577 g/mol. The van der Waals surface area contributed by atoms with Crippen molar-refractivity contribution in [3.8, 4) is 0 Å². The van der Waals surface area contributed by atoms with Gasteiger partial charge in [0.1, 0.15) is 12.7 Å². The van der Waals surface area contributed by atoms with Crippen molar-refractivity contribution in [2.75, 3.05) is 13.7 Å². The second kappa shape index (κ2) is 10.6. The van der Waals surface area contributed by atoms with Crippen molar-refractivity contribution in [3.63, 3.8) is 0 Å². The third-order valence-corrected chi connectivity index (χ3v) is 12.8. The highest BCUT2D eigenvalue weighted by molar-refractivity contribution is 5.85. The minimum Gasteiger partial charge on any atom is -0.481 e. The van der Waals surface area contributed by atoms with Crippen LogP contribution in [0, 0.1) is 40.4 Å². The van der Waals surface area contributed by atoms with Gasteiger partial charge in [-0.3, -0.25) is 4.79 Å². The first-order valence-corrected chi connectivity index (χ1v) is 15.7. The van der Waals surface area contributed by atoms with Gasteiger partial charge >= 0.3 is 11.9 Å². The van der Waals surface area contributed by atoms with Crippen molar-refractivity contribution >= 4 is 11.9 Å². The number of ether oxygens (including phenoxy) is 4. The van der Waals surface area contributed by atoms with Crippen LogP contribution in [0.3, 0.4) is 0 Å². The zero-order valence-electron chi connectivity index (χ0n) is 24.9. The fraction of sp³-hybridized carbons (Fsp3) is 0.875. The molecule has 0 aromatic carbocycles. The number of cyclic esters (lactones) is 1. The van der Waals surface area contributed by atoms with E-state index in [1.54, 1.807) is 13.2 Å². The average Bonchev–Trinajstić information content (AvgIpc) is 3.42. The van der Waals surface area contributed by atoms with E-state index in [1.165, 1.54) is 0 Å². The molecule has 41 heavy (non-hydrogen) atoms. The first-order chi connectivity index (χ1) is 19.4. The summed E-state index contributed by atoms with van der Waals surface area (Å²) in [6.07, 6.45) is 7.57. The number of aliphatic hydroxyl groups excluding tert-OH is 1. The van der Waals surface area contributed by atoms with E-state index in [4.69, 9.17) is 18.9 Å². The summed E-state index contributed by atoms with van der Waals surface area (Å²) in [5.41, 5.74) is -0.526. The Morgan fingerprint density at radius 2 is 1.90 bits per heavy atom. The summed E-state index contributed by atoms with van der Waals surface area (Å²) >= 11 is 0. The maximum atomic E-state index is 12.7. The fourth-order valence-electron chi connectivity index (χ4n) is 10.8. The number of hydrogen-bond donors (Lipinski definition) is 3. The van der Waals surface area contributed by atoms with E-state index >= 15 is 0 Å². The van der Waals surface area contributed by atoms with Gasteiger partial charge in [-0.15, -0.1) is 0 Å². The Morgan fingerprint density at radius 3 is 2.59 bits per heavy atom. The lowest BCUT2D eigenvalue weighted by Gasteiger charge is -2.63. The topological polar surface area (TPSA) is 132 Å². The Hall–Kier alpha value is -1.52. The molecule has 0 unspecified atom stereocenters. The first-order valence-electron chi connectivity index (χ1n) is 15.7. The van der Waals surface area contributed by atoms with Crippen molar-refractivity contribution in [1.29, 1.82) is 0 Å². The molecular formula is C32H48O9. The quantitative estimate of drug-likeness (QED) is 0.319. The van der Waals surface area contributed by atoms with Gasteiger partial charge in [-0.1, -0.05) is 13.8 Å². The van der Waals surface area contributed by atoms with E-state index in [-0.39, 0.29) is 66.8 Å². The molecule has 0 aromatic heterocycles. The molecule has 1 saturated heterocycles. The molecule has 6 rings (SSSR count). The monoisotopic (exact) mass is 576 g/mol.